The third kappa shape index (κ3) is 4.84. The second-order valence-electron chi connectivity index (χ2n) is 5.99. The zero-order chi connectivity index (χ0) is 19.4. The van der Waals surface area contributed by atoms with Crippen molar-refractivity contribution in [1.29, 1.82) is 0 Å². The average molecular weight is 371 g/mol. The Morgan fingerprint density at radius 1 is 0.926 bits per heavy atom. The van der Waals surface area contributed by atoms with E-state index in [0.717, 1.165) is 17.7 Å². The summed E-state index contributed by atoms with van der Waals surface area (Å²) in [7, 11) is 0. The van der Waals surface area contributed by atoms with Gasteiger partial charge in [0.2, 0.25) is 0 Å². The summed E-state index contributed by atoms with van der Waals surface area (Å²) in [5.41, 5.74) is 1.90. The lowest BCUT2D eigenvalue weighted by molar-refractivity contribution is -0.137. The monoisotopic (exact) mass is 371 g/mol. The third-order valence-corrected chi connectivity index (χ3v) is 3.79. The van der Waals surface area contributed by atoms with E-state index >= 15 is 0 Å². The maximum atomic E-state index is 12.8. The third-order valence-electron chi connectivity index (χ3n) is 3.79. The lowest BCUT2D eigenvalue weighted by Gasteiger charge is -2.11. The number of carbonyl (C=O) groups is 1. The van der Waals surface area contributed by atoms with Crippen molar-refractivity contribution < 1.29 is 18.0 Å². The van der Waals surface area contributed by atoms with Gasteiger partial charge >= 0.3 is 6.18 Å². The van der Waals surface area contributed by atoms with Crippen LogP contribution in [0.25, 0.3) is 0 Å². The molecular weight excluding hydrogens is 355 g/mol. The van der Waals surface area contributed by atoms with Gasteiger partial charge in [-0.25, -0.2) is 0 Å². The normalized spacial score (nSPS) is 11.1. The summed E-state index contributed by atoms with van der Waals surface area (Å²) in [6.45, 7) is 1.94. The van der Waals surface area contributed by atoms with E-state index in [9.17, 15) is 18.0 Å². The molecule has 2 N–H and O–H groups in total. The van der Waals surface area contributed by atoms with Crippen LogP contribution in [0, 0.1) is 6.92 Å². The second kappa shape index (κ2) is 7.49. The summed E-state index contributed by atoms with van der Waals surface area (Å²) in [4.78, 5) is 16.3. The fraction of sp³-hybridized carbons (Fsp3) is 0.100. The number of alkyl halides is 3. The number of amides is 1. The first kappa shape index (κ1) is 18.4. The molecule has 4 nitrogen and oxygen atoms in total. The van der Waals surface area contributed by atoms with Gasteiger partial charge < -0.3 is 10.6 Å². The Kier molecular flexibility index (Phi) is 5.12. The van der Waals surface area contributed by atoms with Crippen molar-refractivity contribution in [3.05, 3.63) is 83.7 Å². The minimum absolute atomic E-state index is 0.253. The van der Waals surface area contributed by atoms with Crippen LogP contribution in [0.3, 0.4) is 0 Å². The predicted molar refractivity (Wildman–Crippen MR) is 98.1 cm³/mol. The molecule has 1 heterocycles. The van der Waals surface area contributed by atoms with E-state index in [2.05, 4.69) is 15.6 Å². The van der Waals surface area contributed by atoms with Gasteiger partial charge in [-0.3, -0.25) is 9.78 Å². The van der Waals surface area contributed by atoms with Gasteiger partial charge in [-0.15, -0.1) is 0 Å². The molecule has 0 atom stereocenters. The van der Waals surface area contributed by atoms with Gasteiger partial charge in [0.15, 0.2) is 0 Å². The molecule has 0 saturated carbocycles. The largest absolute Gasteiger partial charge is 0.416 e. The quantitative estimate of drug-likeness (QED) is 0.645. The van der Waals surface area contributed by atoms with E-state index < -0.39 is 11.7 Å². The maximum Gasteiger partial charge on any atom is 0.416 e. The van der Waals surface area contributed by atoms with Gasteiger partial charge in [-0.05, 0) is 43.3 Å². The summed E-state index contributed by atoms with van der Waals surface area (Å²) in [6, 6.07) is 13.7. The Labute approximate surface area is 154 Å². The molecule has 0 radical (unpaired) electrons. The first-order valence-corrected chi connectivity index (χ1v) is 8.08. The number of aromatic nitrogens is 1. The number of pyridine rings is 1. The predicted octanol–water partition coefficient (Wildman–Crippen LogP) is 5.40. The number of anilines is 3. The molecular formula is C20H16F3N3O. The summed E-state index contributed by atoms with van der Waals surface area (Å²) in [5, 5.41) is 5.59. The van der Waals surface area contributed by atoms with Crippen molar-refractivity contribution in [2.75, 3.05) is 10.6 Å². The molecule has 0 aliphatic carbocycles. The number of rotatable bonds is 4. The van der Waals surface area contributed by atoms with Crippen molar-refractivity contribution in [1.82, 2.24) is 4.98 Å². The van der Waals surface area contributed by atoms with Crippen LogP contribution in [-0.4, -0.2) is 10.9 Å². The van der Waals surface area contributed by atoms with Crippen LogP contribution in [0.15, 0.2) is 67.0 Å². The smallest absolute Gasteiger partial charge is 0.354 e. The number of aryl methyl sites for hydroxylation is 1. The van der Waals surface area contributed by atoms with Crippen LogP contribution in [0.2, 0.25) is 0 Å². The van der Waals surface area contributed by atoms with Gasteiger partial charge in [0, 0.05) is 17.6 Å². The maximum absolute atomic E-state index is 12.8. The second-order valence-corrected chi connectivity index (χ2v) is 5.99. The fourth-order valence-corrected chi connectivity index (χ4v) is 2.41. The van der Waals surface area contributed by atoms with Gasteiger partial charge in [0.25, 0.3) is 5.91 Å². The zero-order valence-corrected chi connectivity index (χ0v) is 14.3. The van der Waals surface area contributed by atoms with Gasteiger partial charge in [-0.2, -0.15) is 13.2 Å². The van der Waals surface area contributed by atoms with E-state index in [-0.39, 0.29) is 17.2 Å². The molecule has 7 heteroatoms. The van der Waals surface area contributed by atoms with E-state index in [0.29, 0.717) is 11.4 Å². The molecule has 3 aromatic rings. The molecule has 3 rings (SSSR count). The van der Waals surface area contributed by atoms with Crippen LogP contribution in [0.5, 0.6) is 0 Å². The summed E-state index contributed by atoms with van der Waals surface area (Å²) in [6.07, 6.45) is -1.60. The first-order chi connectivity index (χ1) is 12.8. The van der Waals surface area contributed by atoms with E-state index in [1.54, 1.807) is 12.1 Å². The molecule has 0 saturated heterocycles. The van der Waals surface area contributed by atoms with Crippen molar-refractivity contribution in [3.63, 3.8) is 0 Å². The summed E-state index contributed by atoms with van der Waals surface area (Å²) >= 11 is 0. The van der Waals surface area contributed by atoms with Crippen LogP contribution in [0.4, 0.5) is 30.2 Å². The van der Waals surface area contributed by atoms with Crippen LogP contribution in [0.1, 0.15) is 21.5 Å². The van der Waals surface area contributed by atoms with Crippen LogP contribution in [-0.2, 0) is 6.18 Å². The van der Waals surface area contributed by atoms with Gasteiger partial charge in [-0.1, -0.05) is 23.8 Å². The van der Waals surface area contributed by atoms with Gasteiger partial charge in [0.1, 0.15) is 0 Å². The van der Waals surface area contributed by atoms with Crippen LogP contribution >= 0.6 is 0 Å². The van der Waals surface area contributed by atoms with E-state index in [1.165, 1.54) is 30.6 Å². The lowest BCUT2D eigenvalue weighted by atomic mass is 10.2. The summed E-state index contributed by atoms with van der Waals surface area (Å²) in [5.74, 6) is -0.362. The number of nitrogens with zero attached hydrogens (tertiary/aromatic N) is 1. The Morgan fingerprint density at radius 2 is 1.67 bits per heavy atom. The van der Waals surface area contributed by atoms with Crippen molar-refractivity contribution in [2.45, 2.75) is 13.1 Å². The molecule has 0 fully saturated rings. The highest BCUT2D eigenvalue weighted by Crippen LogP contribution is 2.31. The number of halogens is 3. The Morgan fingerprint density at radius 3 is 2.37 bits per heavy atom. The number of hydrogen-bond donors (Lipinski definition) is 2. The number of benzene rings is 2. The fourth-order valence-electron chi connectivity index (χ4n) is 2.41. The molecule has 27 heavy (non-hydrogen) atoms. The lowest BCUT2D eigenvalue weighted by Crippen LogP contribution is -2.12. The van der Waals surface area contributed by atoms with E-state index in [1.807, 2.05) is 19.1 Å². The Balaban J connectivity index is 1.75. The molecule has 0 spiro atoms. The average Bonchev–Trinajstić information content (AvgIpc) is 2.63. The van der Waals surface area contributed by atoms with Crippen molar-refractivity contribution >= 4 is 23.0 Å². The highest BCUT2D eigenvalue weighted by Gasteiger charge is 2.30. The topological polar surface area (TPSA) is 54.0 Å². The molecule has 0 aliphatic heterocycles. The zero-order valence-electron chi connectivity index (χ0n) is 14.3. The van der Waals surface area contributed by atoms with Gasteiger partial charge in [0.05, 0.1) is 23.0 Å². The molecule has 2 aromatic carbocycles. The van der Waals surface area contributed by atoms with Crippen LogP contribution < -0.4 is 10.6 Å². The highest BCUT2D eigenvalue weighted by atomic mass is 19.4. The molecule has 1 amide bonds. The SMILES string of the molecule is Cc1ccc(NC(=O)c2cncc(Nc3cccc(C(F)(F)F)c3)c2)cc1. The molecule has 0 unspecified atom stereocenters. The molecule has 1 aromatic heterocycles. The number of hydrogen-bond acceptors (Lipinski definition) is 3. The minimum Gasteiger partial charge on any atom is -0.354 e. The first-order valence-electron chi connectivity index (χ1n) is 8.08. The Bertz CT molecular complexity index is 953. The van der Waals surface area contributed by atoms with Crippen molar-refractivity contribution in [2.24, 2.45) is 0 Å². The molecule has 138 valence electrons. The summed E-state index contributed by atoms with van der Waals surface area (Å²) < 4.78 is 38.4. The number of nitrogens with one attached hydrogen (secondary N) is 2. The molecule has 0 bridgehead atoms. The van der Waals surface area contributed by atoms with E-state index in [4.69, 9.17) is 0 Å². The number of carbonyl (C=O) groups excluding carboxylic acids is 1. The minimum atomic E-state index is -4.42. The van der Waals surface area contributed by atoms with Crippen molar-refractivity contribution in [3.8, 4) is 0 Å². The highest BCUT2D eigenvalue weighted by molar-refractivity contribution is 6.04. The molecule has 0 aliphatic rings. The Hall–Kier alpha value is -3.35. The standard InChI is InChI=1S/C20H16F3N3O/c1-13-5-7-16(8-6-13)26-19(27)14-9-18(12-24-11-14)25-17-4-2-3-15(10-17)20(21,22)23/h2-12,25H,1H3,(H,26,27).